The van der Waals surface area contributed by atoms with Gasteiger partial charge in [-0.05, 0) is 49.2 Å². The van der Waals surface area contributed by atoms with Crippen LogP contribution in [0.3, 0.4) is 0 Å². The van der Waals surface area contributed by atoms with Crippen molar-refractivity contribution in [1.29, 1.82) is 0 Å². The lowest BCUT2D eigenvalue weighted by atomic mass is 10.2. The van der Waals surface area contributed by atoms with Gasteiger partial charge in [-0.25, -0.2) is 8.42 Å². The molecule has 0 atom stereocenters. The number of carbonyl (C=O) groups excluding carboxylic acids is 1. The Balaban J connectivity index is 1.50. The van der Waals surface area contributed by atoms with E-state index in [9.17, 15) is 13.2 Å². The molecule has 5 rings (SSSR count). The smallest absolute Gasteiger partial charge is 0.276 e. The molecular weight excluding hydrogens is 466 g/mol. The average molecular weight is 492 g/mol. The molecule has 9 nitrogen and oxygen atoms in total. The second kappa shape index (κ2) is 9.30. The Morgan fingerprint density at radius 2 is 1.77 bits per heavy atom. The van der Waals surface area contributed by atoms with Crippen LogP contribution >= 0.6 is 0 Å². The molecule has 180 valence electrons. The zero-order chi connectivity index (χ0) is 24.4. The number of benzene rings is 3. The van der Waals surface area contributed by atoms with Crippen LogP contribution in [0.2, 0.25) is 0 Å². The lowest BCUT2D eigenvalue weighted by Crippen LogP contribution is -2.23. The van der Waals surface area contributed by atoms with Crippen LogP contribution in [-0.2, 0) is 10.0 Å². The Kier molecular flexibility index (Phi) is 6.04. The summed E-state index contributed by atoms with van der Waals surface area (Å²) in [6.07, 6.45) is 1.98. The highest BCUT2D eigenvalue weighted by Crippen LogP contribution is 2.34. The lowest BCUT2D eigenvalue weighted by Gasteiger charge is -2.22. The van der Waals surface area contributed by atoms with E-state index in [1.54, 1.807) is 42.5 Å². The maximum Gasteiger partial charge on any atom is 0.276 e. The van der Waals surface area contributed by atoms with Crippen molar-refractivity contribution in [2.24, 2.45) is 0 Å². The number of rotatable bonds is 7. The predicted octanol–water partition coefficient (Wildman–Crippen LogP) is 4.22. The molecule has 1 aromatic heterocycles. The van der Waals surface area contributed by atoms with E-state index in [0.717, 1.165) is 31.4 Å². The van der Waals surface area contributed by atoms with E-state index in [1.807, 2.05) is 23.1 Å². The van der Waals surface area contributed by atoms with Gasteiger partial charge in [-0.3, -0.25) is 14.6 Å². The van der Waals surface area contributed by atoms with E-state index >= 15 is 0 Å². The van der Waals surface area contributed by atoms with Gasteiger partial charge < -0.3 is 15.0 Å². The first-order valence-electron chi connectivity index (χ1n) is 11.3. The maximum absolute atomic E-state index is 13.6. The van der Waals surface area contributed by atoms with Gasteiger partial charge in [0.2, 0.25) is 0 Å². The Labute approximate surface area is 203 Å². The van der Waals surface area contributed by atoms with Crippen LogP contribution in [0.25, 0.3) is 10.9 Å². The number of hydrogen-bond donors (Lipinski definition) is 3. The largest absolute Gasteiger partial charge is 0.495 e. The van der Waals surface area contributed by atoms with Crippen LogP contribution in [0.15, 0.2) is 71.6 Å². The Morgan fingerprint density at radius 3 is 2.57 bits per heavy atom. The van der Waals surface area contributed by atoms with Crippen molar-refractivity contribution < 1.29 is 17.9 Å². The molecule has 1 amide bonds. The zero-order valence-corrected chi connectivity index (χ0v) is 19.9. The van der Waals surface area contributed by atoms with Crippen LogP contribution in [0, 0.1) is 0 Å². The van der Waals surface area contributed by atoms with Gasteiger partial charge in [0.15, 0.2) is 5.69 Å². The number of sulfonamides is 1. The summed E-state index contributed by atoms with van der Waals surface area (Å²) in [6.45, 7) is 1.53. The van der Waals surface area contributed by atoms with E-state index < -0.39 is 15.9 Å². The van der Waals surface area contributed by atoms with Gasteiger partial charge in [0.1, 0.15) is 10.6 Å². The highest BCUT2D eigenvalue weighted by molar-refractivity contribution is 7.93. The fourth-order valence-corrected chi connectivity index (χ4v) is 5.60. The first-order valence-corrected chi connectivity index (χ1v) is 12.7. The van der Waals surface area contributed by atoms with Crippen molar-refractivity contribution in [3.8, 4) is 5.75 Å². The SMILES string of the molecule is COc1ccccc1NS(=O)(=O)c1cc(NC(=O)c2n[nH]c3ccccc23)ccc1N1CCCC1. The number of hydrogen-bond acceptors (Lipinski definition) is 6. The van der Waals surface area contributed by atoms with Gasteiger partial charge in [0, 0.05) is 24.2 Å². The number of nitrogens with zero attached hydrogens (tertiary/aromatic N) is 2. The predicted molar refractivity (Wildman–Crippen MR) is 136 cm³/mol. The third-order valence-electron chi connectivity index (χ3n) is 5.99. The van der Waals surface area contributed by atoms with Crippen molar-refractivity contribution in [1.82, 2.24) is 10.2 Å². The minimum absolute atomic E-state index is 0.0787. The second-order valence-electron chi connectivity index (χ2n) is 8.25. The number of anilines is 3. The Bertz CT molecular complexity index is 1490. The monoisotopic (exact) mass is 491 g/mol. The third-order valence-corrected chi connectivity index (χ3v) is 7.39. The molecule has 3 aromatic carbocycles. The number of amides is 1. The van der Waals surface area contributed by atoms with Gasteiger partial charge in [-0.15, -0.1) is 0 Å². The molecule has 0 spiro atoms. The number of carbonyl (C=O) groups is 1. The van der Waals surface area contributed by atoms with Gasteiger partial charge in [0.05, 0.1) is 24.0 Å². The third kappa shape index (κ3) is 4.52. The minimum Gasteiger partial charge on any atom is -0.495 e. The van der Waals surface area contributed by atoms with Crippen molar-refractivity contribution >= 4 is 43.9 Å². The molecule has 1 aliphatic heterocycles. The highest BCUT2D eigenvalue weighted by Gasteiger charge is 2.26. The lowest BCUT2D eigenvalue weighted by molar-refractivity contribution is 0.102. The Morgan fingerprint density at radius 1 is 1.03 bits per heavy atom. The summed E-state index contributed by atoms with van der Waals surface area (Å²) in [4.78, 5) is 15.1. The summed E-state index contributed by atoms with van der Waals surface area (Å²) in [7, 11) is -2.52. The normalized spacial score (nSPS) is 13.7. The summed E-state index contributed by atoms with van der Waals surface area (Å²) in [5.41, 5.74) is 2.26. The molecule has 35 heavy (non-hydrogen) atoms. The molecular formula is C25H25N5O4S. The quantitative estimate of drug-likeness (QED) is 0.356. The number of para-hydroxylation sites is 3. The number of fused-ring (bicyclic) bond motifs is 1. The summed E-state index contributed by atoms with van der Waals surface area (Å²) < 4.78 is 35.1. The summed E-state index contributed by atoms with van der Waals surface area (Å²) in [6, 6.07) is 19.1. The molecule has 0 aliphatic carbocycles. The van der Waals surface area contributed by atoms with Crippen LogP contribution in [-0.4, -0.2) is 44.7 Å². The van der Waals surface area contributed by atoms with Gasteiger partial charge >= 0.3 is 0 Å². The topological polar surface area (TPSA) is 116 Å². The molecule has 1 aliphatic rings. The number of nitrogens with one attached hydrogen (secondary N) is 3. The van der Waals surface area contributed by atoms with Crippen LogP contribution in [0.5, 0.6) is 5.75 Å². The molecule has 0 unspecified atom stereocenters. The highest BCUT2D eigenvalue weighted by atomic mass is 32.2. The van der Waals surface area contributed by atoms with Gasteiger partial charge in [0.25, 0.3) is 15.9 Å². The van der Waals surface area contributed by atoms with Crippen molar-refractivity contribution in [3.63, 3.8) is 0 Å². The molecule has 3 N–H and O–H groups in total. The van der Waals surface area contributed by atoms with E-state index in [4.69, 9.17) is 4.74 Å². The second-order valence-corrected chi connectivity index (χ2v) is 9.91. The summed E-state index contributed by atoms with van der Waals surface area (Å²) >= 11 is 0. The standard InChI is InChI=1S/C25H25N5O4S/c1-34-22-11-5-4-10-20(22)29-35(32,33)23-16-17(12-13-21(23)30-14-6-7-15-30)26-25(31)24-18-8-2-3-9-19(18)27-28-24/h2-5,8-13,16,29H,6-7,14-15H2,1H3,(H,26,31)(H,27,28). The molecule has 0 bridgehead atoms. The van der Waals surface area contributed by atoms with Crippen molar-refractivity contribution in [2.45, 2.75) is 17.7 Å². The van der Waals surface area contributed by atoms with Crippen molar-refractivity contribution in [2.75, 3.05) is 35.1 Å². The van der Waals surface area contributed by atoms with Crippen LogP contribution in [0.4, 0.5) is 17.1 Å². The van der Waals surface area contributed by atoms with Crippen LogP contribution < -0.4 is 19.7 Å². The van der Waals surface area contributed by atoms with Gasteiger partial charge in [-0.2, -0.15) is 5.10 Å². The van der Waals surface area contributed by atoms with E-state index in [1.165, 1.54) is 13.2 Å². The fourth-order valence-electron chi connectivity index (χ4n) is 4.28. The van der Waals surface area contributed by atoms with Crippen molar-refractivity contribution in [3.05, 3.63) is 72.4 Å². The maximum atomic E-state index is 13.6. The number of aromatic nitrogens is 2. The molecule has 1 fully saturated rings. The minimum atomic E-state index is -4.01. The van der Waals surface area contributed by atoms with E-state index in [0.29, 0.717) is 28.2 Å². The first-order chi connectivity index (χ1) is 17.0. The van der Waals surface area contributed by atoms with Crippen LogP contribution in [0.1, 0.15) is 23.3 Å². The van der Waals surface area contributed by atoms with E-state index in [-0.39, 0.29) is 10.6 Å². The Hall–Kier alpha value is -4.05. The molecule has 1 saturated heterocycles. The molecule has 4 aromatic rings. The fraction of sp³-hybridized carbons (Fsp3) is 0.200. The number of H-pyrrole nitrogens is 1. The number of aromatic amines is 1. The first kappa shape index (κ1) is 22.7. The summed E-state index contributed by atoms with van der Waals surface area (Å²) in [5.74, 6) is -0.0222. The average Bonchev–Trinajstić information content (AvgIpc) is 3.55. The zero-order valence-electron chi connectivity index (χ0n) is 19.1. The van der Waals surface area contributed by atoms with Gasteiger partial charge in [-0.1, -0.05) is 30.3 Å². The number of methoxy groups -OCH3 is 1. The molecule has 10 heteroatoms. The number of ether oxygens (including phenoxy) is 1. The summed E-state index contributed by atoms with van der Waals surface area (Å²) in [5, 5.41) is 10.4. The molecule has 0 saturated carbocycles. The molecule has 0 radical (unpaired) electrons. The van der Waals surface area contributed by atoms with E-state index in [2.05, 4.69) is 20.2 Å². The molecule has 2 heterocycles.